The van der Waals surface area contributed by atoms with Crippen molar-refractivity contribution in [2.45, 2.75) is 52.2 Å². The van der Waals surface area contributed by atoms with E-state index in [0.29, 0.717) is 0 Å². The number of nitrogens with zero attached hydrogens (tertiary/aromatic N) is 4. The predicted molar refractivity (Wildman–Crippen MR) is 72.3 cm³/mol. The molecule has 1 fully saturated rings. The lowest BCUT2D eigenvalue weighted by Gasteiger charge is -2.19. The molecule has 1 aromatic heterocycles. The van der Waals surface area contributed by atoms with E-state index in [4.69, 9.17) is 0 Å². The van der Waals surface area contributed by atoms with Crippen LogP contribution in [0.1, 0.15) is 38.8 Å². The summed E-state index contributed by atoms with van der Waals surface area (Å²) in [6.07, 6.45) is 5.96. The molecule has 1 aliphatic carbocycles. The van der Waals surface area contributed by atoms with Gasteiger partial charge in [0.1, 0.15) is 0 Å². The monoisotopic (exact) mass is 251 g/mol. The van der Waals surface area contributed by atoms with Gasteiger partial charge in [-0.1, -0.05) is 19.1 Å². The first-order chi connectivity index (χ1) is 8.83. The molecule has 0 atom stereocenters. The molecule has 0 saturated heterocycles. The number of hydrogen-bond donors (Lipinski definition) is 1. The SMILES string of the molecule is CCCNCc1cn(CCN(CC)C2CC2)nn1. The Hall–Kier alpha value is -0.940. The molecule has 1 heterocycles. The van der Waals surface area contributed by atoms with Crippen LogP contribution < -0.4 is 5.32 Å². The Balaban J connectivity index is 1.72. The van der Waals surface area contributed by atoms with E-state index in [-0.39, 0.29) is 0 Å². The maximum atomic E-state index is 4.18. The zero-order valence-electron chi connectivity index (χ0n) is 11.6. The molecule has 5 nitrogen and oxygen atoms in total. The van der Waals surface area contributed by atoms with Crippen molar-refractivity contribution >= 4 is 0 Å². The number of aromatic nitrogens is 3. The quantitative estimate of drug-likeness (QED) is 0.671. The van der Waals surface area contributed by atoms with E-state index in [9.17, 15) is 0 Å². The van der Waals surface area contributed by atoms with Crippen molar-refractivity contribution in [1.29, 1.82) is 0 Å². The molecule has 5 heteroatoms. The Bertz CT molecular complexity index is 345. The van der Waals surface area contributed by atoms with Gasteiger partial charge in [0.15, 0.2) is 0 Å². The fourth-order valence-electron chi connectivity index (χ4n) is 2.19. The van der Waals surface area contributed by atoms with Crippen LogP contribution in [0.4, 0.5) is 0 Å². The third kappa shape index (κ3) is 4.07. The Morgan fingerprint density at radius 1 is 1.44 bits per heavy atom. The van der Waals surface area contributed by atoms with Crippen LogP contribution >= 0.6 is 0 Å². The molecule has 0 bridgehead atoms. The summed E-state index contributed by atoms with van der Waals surface area (Å²) < 4.78 is 1.97. The smallest absolute Gasteiger partial charge is 0.0964 e. The van der Waals surface area contributed by atoms with Crippen LogP contribution in [0.2, 0.25) is 0 Å². The number of rotatable bonds is 9. The molecular formula is C13H25N5. The molecule has 0 spiro atoms. The number of hydrogen-bond acceptors (Lipinski definition) is 4. The van der Waals surface area contributed by atoms with Gasteiger partial charge in [-0.25, -0.2) is 0 Å². The highest BCUT2D eigenvalue weighted by Gasteiger charge is 2.27. The molecular weight excluding hydrogens is 226 g/mol. The van der Waals surface area contributed by atoms with E-state index >= 15 is 0 Å². The Kier molecular flexibility index (Phi) is 5.13. The summed E-state index contributed by atoms with van der Waals surface area (Å²) in [5.74, 6) is 0. The van der Waals surface area contributed by atoms with Gasteiger partial charge in [-0.3, -0.25) is 9.58 Å². The molecule has 0 aromatic carbocycles. The Labute approximate surface area is 110 Å². The Morgan fingerprint density at radius 2 is 2.28 bits per heavy atom. The van der Waals surface area contributed by atoms with Crippen LogP contribution in [0.3, 0.4) is 0 Å². The summed E-state index contributed by atoms with van der Waals surface area (Å²) in [4.78, 5) is 2.54. The second-order valence-electron chi connectivity index (χ2n) is 5.01. The fourth-order valence-corrected chi connectivity index (χ4v) is 2.19. The molecule has 18 heavy (non-hydrogen) atoms. The normalized spacial score (nSPS) is 15.5. The fraction of sp³-hybridized carbons (Fsp3) is 0.846. The lowest BCUT2D eigenvalue weighted by Crippen LogP contribution is -2.29. The van der Waals surface area contributed by atoms with Gasteiger partial charge in [0.25, 0.3) is 0 Å². The molecule has 1 N–H and O–H groups in total. The lowest BCUT2D eigenvalue weighted by molar-refractivity contribution is 0.260. The minimum atomic E-state index is 0.827. The van der Waals surface area contributed by atoms with E-state index in [1.165, 1.54) is 12.8 Å². The second kappa shape index (κ2) is 6.85. The van der Waals surface area contributed by atoms with Crippen LogP contribution in [0.25, 0.3) is 0 Å². The van der Waals surface area contributed by atoms with Gasteiger partial charge in [-0.2, -0.15) is 0 Å². The average Bonchev–Trinajstić information content (AvgIpc) is 3.11. The molecule has 2 rings (SSSR count). The standard InChI is InChI=1S/C13H25N5/c1-3-7-14-10-12-11-18(16-15-12)9-8-17(4-2)13-5-6-13/h11,13-14H,3-10H2,1-2H3. The van der Waals surface area contributed by atoms with Crippen molar-refractivity contribution < 1.29 is 0 Å². The molecule has 0 aliphatic heterocycles. The lowest BCUT2D eigenvalue weighted by atomic mass is 10.4. The van der Waals surface area contributed by atoms with E-state index in [2.05, 4.69) is 40.6 Å². The molecule has 1 aromatic rings. The van der Waals surface area contributed by atoms with E-state index < -0.39 is 0 Å². The first kappa shape index (κ1) is 13.5. The van der Waals surface area contributed by atoms with Gasteiger partial charge in [0.05, 0.1) is 12.2 Å². The highest BCUT2D eigenvalue weighted by Crippen LogP contribution is 2.26. The molecule has 0 radical (unpaired) electrons. The van der Waals surface area contributed by atoms with Crippen molar-refractivity contribution in [1.82, 2.24) is 25.2 Å². The Morgan fingerprint density at radius 3 is 2.94 bits per heavy atom. The van der Waals surface area contributed by atoms with Crippen LogP contribution in [0.5, 0.6) is 0 Å². The van der Waals surface area contributed by atoms with Crippen molar-refractivity contribution in [3.8, 4) is 0 Å². The second-order valence-corrected chi connectivity index (χ2v) is 5.01. The number of likely N-dealkylation sites (N-methyl/N-ethyl adjacent to an activating group) is 1. The minimum absolute atomic E-state index is 0.827. The van der Waals surface area contributed by atoms with Crippen molar-refractivity contribution in [2.75, 3.05) is 19.6 Å². The van der Waals surface area contributed by atoms with Gasteiger partial charge < -0.3 is 5.32 Å². The molecule has 102 valence electrons. The molecule has 1 saturated carbocycles. The molecule has 0 unspecified atom stereocenters. The zero-order chi connectivity index (χ0) is 12.8. The van der Waals surface area contributed by atoms with Gasteiger partial charge in [-0.05, 0) is 32.4 Å². The topological polar surface area (TPSA) is 46.0 Å². The zero-order valence-corrected chi connectivity index (χ0v) is 11.6. The summed E-state index contributed by atoms with van der Waals surface area (Å²) in [6, 6.07) is 0.837. The van der Waals surface area contributed by atoms with E-state index in [0.717, 1.165) is 50.9 Å². The van der Waals surface area contributed by atoms with Crippen molar-refractivity contribution in [3.05, 3.63) is 11.9 Å². The van der Waals surface area contributed by atoms with Gasteiger partial charge >= 0.3 is 0 Å². The largest absolute Gasteiger partial charge is 0.311 e. The first-order valence-corrected chi connectivity index (χ1v) is 7.17. The highest BCUT2D eigenvalue weighted by atomic mass is 15.4. The third-order valence-corrected chi connectivity index (χ3v) is 3.40. The predicted octanol–water partition coefficient (Wildman–Crippen LogP) is 1.26. The minimum Gasteiger partial charge on any atom is -0.311 e. The molecule has 0 amide bonds. The molecule has 1 aliphatic rings. The summed E-state index contributed by atoms with van der Waals surface area (Å²) in [5.41, 5.74) is 1.04. The summed E-state index contributed by atoms with van der Waals surface area (Å²) >= 11 is 0. The third-order valence-electron chi connectivity index (χ3n) is 3.40. The van der Waals surface area contributed by atoms with Gasteiger partial charge in [0.2, 0.25) is 0 Å². The number of nitrogens with one attached hydrogen (secondary N) is 1. The summed E-state index contributed by atoms with van der Waals surface area (Å²) in [6.45, 7) is 9.45. The van der Waals surface area contributed by atoms with Crippen LogP contribution in [-0.4, -0.2) is 45.6 Å². The average molecular weight is 251 g/mol. The van der Waals surface area contributed by atoms with Crippen molar-refractivity contribution in [2.24, 2.45) is 0 Å². The summed E-state index contributed by atoms with van der Waals surface area (Å²) in [5, 5.41) is 11.7. The van der Waals surface area contributed by atoms with E-state index in [1.807, 2.05) is 4.68 Å². The van der Waals surface area contributed by atoms with Gasteiger partial charge in [-0.15, -0.1) is 5.10 Å². The maximum Gasteiger partial charge on any atom is 0.0964 e. The van der Waals surface area contributed by atoms with Gasteiger partial charge in [0, 0.05) is 25.3 Å². The maximum absolute atomic E-state index is 4.18. The van der Waals surface area contributed by atoms with Crippen molar-refractivity contribution in [3.63, 3.8) is 0 Å². The van der Waals surface area contributed by atoms with Crippen LogP contribution in [0.15, 0.2) is 6.20 Å². The first-order valence-electron chi connectivity index (χ1n) is 7.17. The van der Waals surface area contributed by atoms with Crippen LogP contribution in [0, 0.1) is 0 Å². The summed E-state index contributed by atoms with van der Waals surface area (Å²) in [7, 11) is 0. The van der Waals surface area contributed by atoms with E-state index in [1.54, 1.807) is 0 Å². The van der Waals surface area contributed by atoms with Crippen LogP contribution in [-0.2, 0) is 13.1 Å². The highest BCUT2D eigenvalue weighted by molar-refractivity contribution is 4.91.